The Morgan fingerprint density at radius 2 is 2.10 bits per heavy atom. The van der Waals surface area contributed by atoms with Gasteiger partial charge in [0.15, 0.2) is 0 Å². The van der Waals surface area contributed by atoms with Gasteiger partial charge in [-0.3, -0.25) is 4.79 Å². The van der Waals surface area contributed by atoms with Gasteiger partial charge in [-0.15, -0.1) is 22.7 Å². The quantitative estimate of drug-likeness (QED) is 0.706. The zero-order valence-electron chi connectivity index (χ0n) is 10.2. The average molecular weight is 370 g/mol. The van der Waals surface area contributed by atoms with E-state index in [4.69, 9.17) is 0 Å². The first kappa shape index (κ1) is 13.7. The highest BCUT2D eigenvalue weighted by Crippen LogP contribution is 2.28. The highest BCUT2D eigenvalue weighted by atomic mass is 79.9. The maximum Gasteiger partial charge on any atom is 0.261 e. The second-order valence-corrected chi connectivity index (χ2v) is 7.78. The zero-order valence-corrected chi connectivity index (χ0v) is 13.4. The Morgan fingerprint density at radius 1 is 1.25 bits per heavy atom. The Bertz CT molecular complexity index is 780. The van der Waals surface area contributed by atoms with Crippen LogP contribution in [-0.4, -0.2) is 5.91 Å². The summed E-state index contributed by atoms with van der Waals surface area (Å²) in [5.41, 5.74) is 0. The number of rotatable bonds is 3. The summed E-state index contributed by atoms with van der Waals surface area (Å²) in [7, 11) is 0. The van der Waals surface area contributed by atoms with E-state index in [2.05, 4.69) is 21.2 Å². The van der Waals surface area contributed by atoms with Crippen LogP contribution in [0, 0.1) is 5.82 Å². The van der Waals surface area contributed by atoms with Gasteiger partial charge < -0.3 is 5.32 Å². The number of carbonyl (C=O) groups excluding carboxylic acids is 1. The first-order valence-electron chi connectivity index (χ1n) is 5.84. The van der Waals surface area contributed by atoms with Crippen molar-refractivity contribution in [2.45, 2.75) is 6.54 Å². The maximum atomic E-state index is 13.6. The van der Waals surface area contributed by atoms with E-state index in [1.54, 1.807) is 23.5 Å². The summed E-state index contributed by atoms with van der Waals surface area (Å²) in [4.78, 5) is 13.7. The summed E-state index contributed by atoms with van der Waals surface area (Å²) in [6.07, 6.45) is 0. The minimum atomic E-state index is -0.292. The van der Waals surface area contributed by atoms with Crippen LogP contribution in [0.2, 0.25) is 0 Å². The third-order valence-electron chi connectivity index (χ3n) is 2.78. The predicted octanol–water partition coefficient (Wildman–Crippen LogP) is 4.79. The van der Waals surface area contributed by atoms with Gasteiger partial charge in [-0.05, 0) is 46.3 Å². The van der Waals surface area contributed by atoms with Crippen LogP contribution in [0.15, 0.2) is 40.2 Å². The fraction of sp³-hybridized carbons (Fsp3) is 0.0714. The van der Waals surface area contributed by atoms with Gasteiger partial charge in [0.2, 0.25) is 0 Å². The second kappa shape index (κ2) is 5.63. The third kappa shape index (κ3) is 2.77. The Labute approximate surface area is 131 Å². The Balaban J connectivity index is 1.77. The third-order valence-corrected chi connectivity index (χ3v) is 5.51. The molecule has 0 saturated heterocycles. The molecule has 20 heavy (non-hydrogen) atoms. The molecule has 3 rings (SSSR count). The van der Waals surface area contributed by atoms with Gasteiger partial charge in [0.05, 0.1) is 15.2 Å². The molecule has 1 aromatic carbocycles. The lowest BCUT2D eigenvalue weighted by Crippen LogP contribution is -2.21. The van der Waals surface area contributed by atoms with Gasteiger partial charge in [0.25, 0.3) is 5.91 Å². The molecule has 0 bridgehead atoms. The van der Waals surface area contributed by atoms with Crippen LogP contribution in [0.1, 0.15) is 14.5 Å². The Kier molecular flexibility index (Phi) is 3.87. The number of halogens is 2. The summed E-state index contributed by atoms with van der Waals surface area (Å²) in [6.45, 7) is 0.478. The molecule has 0 aliphatic heterocycles. The van der Waals surface area contributed by atoms with Gasteiger partial charge in [-0.1, -0.05) is 6.07 Å². The normalized spacial score (nSPS) is 10.9. The van der Waals surface area contributed by atoms with Crippen molar-refractivity contribution in [1.29, 1.82) is 0 Å². The van der Waals surface area contributed by atoms with Crippen molar-refractivity contribution in [3.63, 3.8) is 0 Å². The molecule has 3 aromatic rings. The van der Waals surface area contributed by atoms with Crippen LogP contribution < -0.4 is 5.32 Å². The van der Waals surface area contributed by atoms with Crippen molar-refractivity contribution in [2.75, 3.05) is 0 Å². The lowest BCUT2D eigenvalue weighted by atomic mass is 10.2. The first-order chi connectivity index (χ1) is 9.63. The van der Waals surface area contributed by atoms with Crippen LogP contribution in [0.5, 0.6) is 0 Å². The van der Waals surface area contributed by atoms with Crippen molar-refractivity contribution in [3.05, 3.63) is 55.8 Å². The van der Waals surface area contributed by atoms with E-state index in [1.807, 2.05) is 18.2 Å². The first-order valence-corrected chi connectivity index (χ1v) is 8.26. The molecular formula is C14H9BrFNOS2. The molecule has 0 fully saturated rings. The Morgan fingerprint density at radius 3 is 2.80 bits per heavy atom. The average Bonchev–Trinajstić information content (AvgIpc) is 3.03. The summed E-state index contributed by atoms with van der Waals surface area (Å²) in [5.74, 6) is -0.463. The number of thiophene rings is 2. The maximum absolute atomic E-state index is 13.6. The van der Waals surface area contributed by atoms with E-state index >= 15 is 0 Å². The summed E-state index contributed by atoms with van der Waals surface area (Å²) in [5, 5.41) is 3.35. The van der Waals surface area contributed by atoms with Crippen molar-refractivity contribution in [3.8, 4) is 0 Å². The molecule has 102 valence electrons. The predicted molar refractivity (Wildman–Crippen MR) is 85.0 cm³/mol. The summed E-state index contributed by atoms with van der Waals surface area (Å²) in [6, 6.07) is 10.4. The van der Waals surface area contributed by atoms with Crippen LogP contribution >= 0.6 is 38.6 Å². The summed E-state index contributed by atoms with van der Waals surface area (Å²) < 4.78 is 15.4. The van der Waals surface area contributed by atoms with Crippen LogP contribution in [0.4, 0.5) is 4.39 Å². The number of fused-ring (bicyclic) bond motifs is 1. The minimum absolute atomic E-state index is 0.171. The van der Waals surface area contributed by atoms with Crippen molar-refractivity contribution < 1.29 is 9.18 Å². The van der Waals surface area contributed by atoms with Crippen LogP contribution in [0.25, 0.3) is 10.1 Å². The highest BCUT2D eigenvalue weighted by molar-refractivity contribution is 9.11. The molecule has 0 radical (unpaired) electrons. The van der Waals surface area contributed by atoms with Crippen LogP contribution in [0.3, 0.4) is 0 Å². The number of carbonyl (C=O) groups is 1. The number of benzene rings is 1. The zero-order chi connectivity index (χ0) is 14.1. The fourth-order valence-electron chi connectivity index (χ4n) is 1.84. The lowest BCUT2D eigenvalue weighted by Gasteiger charge is -2.00. The smallest absolute Gasteiger partial charge is 0.261 e. The molecule has 2 nitrogen and oxygen atoms in total. The SMILES string of the molecule is O=C(NCc1ccc(Br)s1)c1cc2c(F)cccc2s1. The monoisotopic (exact) mass is 369 g/mol. The number of hydrogen-bond acceptors (Lipinski definition) is 3. The van der Waals surface area contributed by atoms with Crippen molar-refractivity contribution >= 4 is 54.6 Å². The number of amides is 1. The Hall–Kier alpha value is -1.24. The van der Waals surface area contributed by atoms with Gasteiger partial charge in [-0.2, -0.15) is 0 Å². The van der Waals surface area contributed by atoms with Gasteiger partial charge in [0, 0.05) is 15.0 Å². The topological polar surface area (TPSA) is 29.1 Å². The lowest BCUT2D eigenvalue weighted by molar-refractivity contribution is 0.0955. The second-order valence-electron chi connectivity index (χ2n) is 4.15. The van der Waals surface area contributed by atoms with E-state index in [1.165, 1.54) is 17.4 Å². The molecule has 0 aliphatic rings. The molecule has 2 heterocycles. The molecule has 0 saturated carbocycles. The molecule has 1 N–H and O–H groups in total. The molecule has 2 aromatic heterocycles. The molecular weight excluding hydrogens is 361 g/mol. The summed E-state index contributed by atoms with van der Waals surface area (Å²) >= 11 is 6.26. The van der Waals surface area contributed by atoms with Gasteiger partial charge in [0.1, 0.15) is 5.82 Å². The van der Waals surface area contributed by atoms with E-state index in [-0.39, 0.29) is 11.7 Å². The highest BCUT2D eigenvalue weighted by Gasteiger charge is 2.12. The molecule has 1 amide bonds. The van der Waals surface area contributed by atoms with Crippen molar-refractivity contribution in [1.82, 2.24) is 5.32 Å². The van der Waals surface area contributed by atoms with Crippen molar-refractivity contribution in [2.24, 2.45) is 0 Å². The molecule has 0 unspecified atom stereocenters. The number of nitrogens with one attached hydrogen (secondary N) is 1. The fourth-order valence-corrected chi connectivity index (χ4v) is 4.25. The standard InChI is InChI=1S/C14H9BrFNOS2/c15-13-5-4-8(19-13)7-17-14(18)12-6-9-10(16)2-1-3-11(9)20-12/h1-6H,7H2,(H,17,18). The van der Waals surface area contributed by atoms with E-state index in [0.29, 0.717) is 16.8 Å². The van der Waals surface area contributed by atoms with Crippen LogP contribution in [-0.2, 0) is 6.54 Å². The molecule has 6 heteroatoms. The van der Waals surface area contributed by atoms with E-state index in [9.17, 15) is 9.18 Å². The molecule has 0 spiro atoms. The largest absolute Gasteiger partial charge is 0.346 e. The van der Waals surface area contributed by atoms with Gasteiger partial charge >= 0.3 is 0 Å². The van der Waals surface area contributed by atoms with Gasteiger partial charge in [-0.25, -0.2) is 4.39 Å². The van der Waals surface area contributed by atoms with E-state index in [0.717, 1.165) is 13.4 Å². The molecule has 0 atom stereocenters. The number of hydrogen-bond donors (Lipinski definition) is 1. The minimum Gasteiger partial charge on any atom is -0.346 e. The molecule has 0 aliphatic carbocycles. The van der Waals surface area contributed by atoms with E-state index < -0.39 is 0 Å².